The fourth-order valence-electron chi connectivity index (χ4n) is 1.81. The molecule has 1 heterocycles. The molecule has 0 aromatic rings. The Kier molecular flexibility index (Phi) is 2.82. The third kappa shape index (κ3) is 2.69. The van der Waals surface area contributed by atoms with Crippen LogP contribution in [0.2, 0.25) is 0 Å². The van der Waals surface area contributed by atoms with E-state index in [-0.39, 0.29) is 5.79 Å². The molecule has 0 radical (unpaired) electrons. The van der Waals surface area contributed by atoms with Crippen molar-refractivity contribution in [3.8, 4) is 0 Å². The molecule has 1 N–H and O–H groups in total. The van der Waals surface area contributed by atoms with Crippen molar-refractivity contribution in [2.24, 2.45) is 11.8 Å². The monoisotopic (exact) mass is 199 g/mol. The third-order valence-corrected chi connectivity index (χ3v) is 3.21. The van der Waals surface area contributed by atoms with E-state index in [1.165, 1.54) is 6.42 Å². The quantitative estimate of drug-likeness (QED) is 0.745. The lowest BCUT2D eigenvalue weighted by Gasteiger charge is -2.35. The Morgan fingerprint density at radius 2 is 1.86 bits per heavy atom. The Morgan fingerprint density at radius 3 is 2.36 bits per heavy atom. The average Bonchev–Trinajstić information content (AvgIpc) is 2.80. The average molecular weight is 199 g/mol. The Bertz CT molecular complexity index is 195. The van der Waals surface area contributed by atoms with Gasteiger partial charge in [0.15, 0.2) is 5.79 Å². The Labute approximate surface area is 86.2 Å². The zero-order valence-electron chi connectivity index (χ0n) is 9.38. The number of hydrogen-bond acceptors (Lipinski definition) is 3. The maximum absolute atomic E-state index is 5.57. The van der Waals surface area contributed by atoms with Gasteiger partial charge in [-0.3, -0.25) is 0 Å². The topological polar surface area (TPSA) is 30.5 Å². The maximum atomic E-state index is 5.57. The second-order valence-electron chi connectivity index (χ2n) is 5.10. The van der Waals surface area contributed by atoms with Crippen LogP contribution in [-0.4, -0.2) is 31.6 Å². The lowest BCUT2D eigenvalue weighted by atomic mass is 10.2. The normalized spacial score (nSPS) is 37.1. The number of hydrogen-bond donors (Lipinski definition) is 1. The first-order valence-corrected chi connectivity index (χ1v) is 5.58. The van der Waals surface area contributed by atoms with Crippen LogP contribution in [0.1, 0.15) is 27.2 Å². The van der Waals surface area contributed by atoms with Crippen molar-refractivity contribution in [2.75, 3.05) is 19.8 Å². The van der Waals surface area contributed by atoms with Crippen molar-refractivity contribution in [2.45, 2.75) is 39.0 Å². The minimum atomic E-state index is -0.384. The molecule has 0 aromatic carbocycles. The van der Waals surface area contributed by atoms with E-state index in [2.05, 4.69) is 12.2 Å². The van der Waals surface area contributed by atoms with Gasteiger partial charge in [-0.05, 0) is 38.6 Å². The maximum Gasteiger partial charge on any atom is 0.162 e. The molecule has 2 aliphatic rings. The summed E-state index contributed by atoms with van der Waals surface area (Å²) < 4.78 is 11.1. The van der Waals surface area contributed by atoms with Crippen LogP contribution in [0.25, 0.3) is 0 Å². The lowest BCUT2D eigenvalue weighted by molar-refractivity contribution is -0.252. The van der Waals surface area contributed by atoms with E-state index in [4.69, 9.17) is 9.47 Å². The van der Waals surface area contributed by atoms with Crippen molar-refractivity contribution < 1.29 is 9.47 Å². The first-order valence-electron chi connectivity index (χ1n) is 5.58. The third-order valence-electron chi connectivity index (χ3n) is 3.21. The fourth-order valence-corrected chi connectivity index (χ4v) is 1.81. The molecule has 2 rings (SSSR count). The van der Waals surface area contributed by atoms with Gasteiger partial charge in [-0.15, -0.1) is 0 Å². The highest BCUT2D eigenvalue weighted by molar-refractivity contribution is 4.85. The van der Waals surface area contributed by atoms with Crippen LogP contribution in [0.3, 0.4) is 0 Å². The van der Waals surface area contributed by atoms with E-state index in [1.54, 1.807) is 0 Å². The summed E-state index contributed by atoms with van der Waals surface area (Å²) in [6, 6.07) is 0.385. The number of rotatable bonds is 3. The first-order chi connectivity index (χ1) is 6.57. The van der Waals surface area contributed by atoms with Gasteiger partial charge in [0.2, 0.25) is 0 Å². The Morgan fingerprint density at radius 1 is 1.29 bits per heavy atom. The van der Waals surface area contributed by atoms with E-state index in [0.717, 1.165) is 31.6 Å². The molecule has 1 aliphatic heterocycles. The smallest absolute Gasteiger partial charge is 0.162 e. The molecule has 3 heteroatoms. The highest BCUT2D eigenvalue weighted by Gasteiger charge is 2.34. The summed E-state index contributed by atoms with van der Waals surface area (Å²) in [5.74, 6) is 1.43. The molecule has 2 fully saturated rings. The van der Waals surface area contributed by atoms with Crippen LogP contribution in [0.4, 0.5) is 0 Å². The van der Waals surface area contributed by atoms with Crippen LogP contribution in [0, 0.1) is 11.8 Å². The minimum absolute atomic E-state index is 0.384. The second kappa shape index (κ2) is 3.80. The molecule has 1 saturated heterocycles. The molecule has 2 atom stereocenters. The molecule has 2 unspecified atom stereocenters. The molecular formula is C11H21NO2. The zero-order chi connectivity index (χ0) is 10.2. The van der Waals surface area contributed by atoms with E-state index in [1.807, 2.05) is 13.8 Å². The minimum Gasteiger partial charge on any atom is -0.349 e. The predicted molar refractivity (Wildman–Crippen MR) is 55.0 cm³/mol. The highest BCUT2D eigenvalue weighted by Crippen LogP contribution is 2.36. The summed E-state index contributed by atoms with van der Waals surface area (Å²) in [4.78, 5) is 0. The molecule has 82 valence electrons. The van der Waals surface area contributed by atoms with Gasteiger partial charge in [0, 0.05) is 0 Å². The molecular weight excluding hydrogens is 178 g/mol. The molecule has 0 spiro atoms. The van der Waals surface area contributed by atoms with Crippen molar-refractivity contribution in [3.05, 3.63) is 0 Å². The summed E-state index contributed by atoms with van der Waals surface area (Å²) in [5, 5.41) is 3.50. The van der Waals surface area contributed by atoms with E-state index >= 15 is 0 Å². The van der Waals surface area contributed by atoms with Gasteiger partial charge in [-0.2, -0.15) is 0 Å². The molecule has 1 aliphatic carbocycles. The van der Waals surface area contributed by atoms with Gasteiger partial charge >= 0.3 is 0 Å². The largest absolute Gasteiger partial charge is 0.349 e. The standard InChI is InChI=1S/C11H21NO2/c1-8-4-9(8)5-12-10-6-13-11(2,3)14-7-10/h8-10,12H,4-7H2,1-3H3. The summed E-state index contributed by atoms with van der Waals surface area (Å²) in [7, 11) is 0. The summed E-state index contributed by atoms with van der Waals surface area (Å²) in [6.07, 6.45) is 1.38. The van der Waals surface area contributed by atoms with E-state index in [9.17, 15) is 0 Å². The van der Waals surface area contributed by atoms with Crippen LogP contribution < -0.4 is 5.32 Å². The van der Waals surface area contributed by atoms with Crippen molar-refractivity contribution >= 4 is 0 Å². The lowest BCUT2D eigenvalue weighted by Crippen LogP contribution is -2.49. The molecule has 14 heavy (non-hydrogen) atoms. The molecule has 1 saturated carbocycles. The number of ether oxygens (including phenoxy) is 2. The Balaban J connectivity index is 1.63. The number of nitrogens with one attached hydrogen (secondary N) is 1. The van der Waals surface area contributed by atoms with Crippen LogP contribution in [-0.2, 0) is 9.47 Å². The van der Waals surface area contributed by atoms with Crippen LogP contribution >= 0.6 is 0 Å². The van der Waals surface area contributed by atoms with Crippen molar-refractivity contribution in [1.29, 1.82) is 0 Å². The van der Waals surface area contributed by atoms with E-state index < -0.39 is 0 Å². The van der Waals surface area contributed by atoms with Gasteiger partial charge < -0.3 is 14.8 Å². The summed E-state index contributed by atoms with van der Waals surface area (Å²) in [6.45, 7) is 8.91. The van der Waals surface area contributed by atoms with Gasteiger partial charge in [-0.1, -0.05) is 6.92 Å². The highest BCUT2D eigenvalue weighted by atomic mass is 16.7. The van der Waals surface area contributed by atoms with Crippen LogP contribution in [0.5, 0.6) is 0 Å². The fraction of sp³-hybridized carbons (Fsp3) is 1.00. The van der Waals surface area contributed by atoms with Gasteiger partial charge in [0.1, 0.15) is 0 Å². The molecule has 0 amide bonds. The SMILES string of the molecule is CC1CC1CNC1COC(C)(C)OC1. The Hall–Kier alpha value is -0.120. The predicted octanol–water partition coefficient (Wildman–Crippen LogP) is 1.38. The van der Waals surface area contributed by atoms with Crippen molar-refractivity contribution in [3.63, 3.8) is 0 Å². The van der Waals surface area contributed by atoms with E-state index in [0.29, 0.717) is 6.04 Å². The van der Waals surface area contributed by atoms with Gasteiger partial charge in [0.25, 0.3) is 0 Å². The second-order valence-corrected chi connectivity index (χ2v) is 5.10. The van der Waals surface area contributed by atoms with Gasteiger partial charge in [0.05, 0.1) is 19.3 Å². The van der Waals surface area contributed by atoms with Crippen molar-refractivity contribution in [1.82, 2.24) is 5.32 Å². The molecule has 3 nitrogen and oxygen atoms in total. The summed E-state index contributed by atoms with van der Waals surface area (Å²) in [5.41, 5.74) is 0. The first kappa shape index (κ1) is 10.4. The molecule has 0 aromatic heterocycles. The van der Waals surface area contributed by atoms with Gasteiger partial charge in [-0.25, -0.2) is 0 Å². The zero-order valence-corrected chi connectivity index (χ0v) is 9.38. The summed E-state index contributed by atoms with van der Waals surface area (Å²) >= 11 is 0. The van der Waals surface area contributed by atoms with Crippen LogP contribution in [0.15, 0.2) is 0 Å². The molecule has 0 bridgehead atoms.